The Hall–Kier alpha value is -0.730. The number of benzene rings is 1. The summed E-state index contributed by atoms with van der Waals surface area (Å²) < 4.78 is 5.55. The number of hydrogen-bond donors (Lipinski definition) is 0. The largest absolute Gasteiger partial charge is 0.493 e. The number of fused-ring (bicyclic) bond motifs is 1. The highest BCUT2D eigenvalue weighted by Crippen LogP contribution is 2.26. The summed E-state index contributed by atoms with van der Waals surface area (Å²) in [5.74, 6) is 2.60. The van der Waals surface area contributed by atoms with E-state index in [2.05, 4.69) is 23.1 Å². The first-order chi connectivity index (χ1) is 9.35. The molecule has 0 radical (unpaired) electrons. The van der Waals surface area contributed by atoms with Crippen LogP contribution in [0.5, 0.6) is 5.75 Å². The van der Waals surface area contributed by atoms with Crippen molar-refractivity contribution in [3.8, 4) is 5.75 Å². The van der Waals surface area contributed by atoms with Gasteiger partial charge in [-0.1, -0.05) is 12.1 Å². The van der Waals surface area contributed by atoms with Gasteiger partial charge in [0.25, 0.3) is 0 Å². The molecule has 104 valence electrons. The molecule has 0 bridgehead atoms. The van der Waals surface area contributed by atoms with E-state index in [1.807, 2.05) is 0 Å². The van der Waals surface area contributed by atoms with E-state index in [9.17, 15) is 0 Å². The van der Waals surface area contributed by atoms with Crippen LogP contribution in [0, 0.1) is 5.92 Å². The number of piperidine rings is 1. The fraction of sp³-hybridized carbons (Fsp3) is 0.625. The third-order valence-electron chi connectivity index (χ3n) is 4.29. The van der Waals surface area contributed by atoms with Crippen LogP contribution in [0.1, 0.15) is 24.0 Å². The summed E-state index contributed by atoms with van der Waals surface area (Å²) in [5.41, 5.74) is 2.83. The number of rotatable bonds is 4. The summed E-state index contributed by atoms with van der Waals surface area (Å²) in [6.45, 7) is 4.42. The molecule has 1 saturated heterocycles. The lowest BCUT2D eigenvalue weighted by Gasteiger charge is -2.31. The monoisotopic (exact) mass is 279 g/mol. The van der Waals surface area contributed by atoms with Crippen molar-refractivity contribution < 1.29 is 4.74 Å². The zero-order valence-electron chi connectivity index (χ0n) is 11.4. The molecule has 1 atom stereocenters. The van der Waals surface area contributed by atoms with Gasteiger partial charge in [-0.2, -0.15) is 0 Å². The normalized spacial score (nSPS) is 23.1. The van der Waals surface area contributed by atoms with Crippen LogP contribution in [0.2, 0.25) is 0 Å². The van der Waals surface area contributed by atoms with Crippen molar-refractivity contribution in [3.05, 3.63) is 29.3 Å². The van der Waals surface area contributed by atoms with Crippen molar-refractivity contribution in [2.24, 2.45) is 5.92 Å². The molecule has 0 aliphatic carbocycles. The van der Waals surface area contributed by atoms with Gasteiger partial charge in [0.05, 0.1) is 6.61 Å². The first-order valence-corrected chi connectivity index (χ1v) is 7.91. The topological polar surface area (TPSA) is 12.5 Å². The van der Waals surface area contributed by atoms with E-state index in [1.54, 1.807) is 0 Å². The van der Waals surface area contributed by atoms with Gasteiger partial charge >= 0.3 is 0 Å². The first-order valence-electron chi connectivity index (χ1n) is 7.38. The molecular weight excluding hydrogens is 258 g/mol. The summed E-state index contributed by atoms with van der Waals surface area (Å²) in [7, 11) is 0. The average molecular weight is 280 g/mol. The summed E-state index contributed by atoms with van der Waals surface area (Å²) in [6.07, 6.45) is 4.81. The van der Waals surface area contributed by atoms with Gasteiger partial charge < -0.3 is 9.64 Å². The smallest absolute Gasteiger partial charge is 0.122 e. The minimum Gasteiger partial charge on any atom is -0.493 e. The molecule has 0 spiro atoms. The van der Waals surface area contributed by atoms with Crippen molar-refractivity contribution in [3.63, 3.8) is 0 Å². The number of likely N-dealkylation sites (tertiary alicyclic amines) is 1. The number of hydrogen-bond acceptors (Lipinski definition) is 2. The molecule has 1 aromatic carbocycles. The van der Waals surface area contributed by atoms with E-state index in [0.717, 1.165) is 37.6 Å². The molecule has 2 heterocycles. The van der Waals surface area contributed by atoms with Crippen LogP contribution >= 0.6 is 11.6 Å². The van der Waals surface area contributed by atoms with Crippen molar-refractivity contribution in [2.75, 3.05) is 32.1 Å². The Morgan fingerprint density at radius 3 is 3.21 bits per heavy atom. The standard InChI is InChI=1S/C16H22ClNO/c17-11-14-2-1-7-18(12-14)8-5-13-3-4-16-15(10-13)6-9-19-16/h3-4,10,14H,1-2,5-9,11-12H2. The molecule has 0 aromatic heterocycles. The van der Waals surface area contributed by atoms with E-state index in [4.69, 9.17) is 16.3 Å². The minimum atomic E-state index is 0.698. The van der Waals surface area contributed by atoms with Gasteiger partial charge in [0, 0.05) is 25.4 Å². The van der Waals surface area contributed by atoms with Gasteiger partial charge in [-0.3, -0.25) is 0 Å². The molecule has 2 aliphatic heterocycles. The fourth-order valence-corrected chi connectivity index (χ4v) is 3.41. The third kappa shape index (κ3) is 3.24. The van der Waals surface area contributed by atoms with Gasteiger partial charge in [-0.25, -0.2) is 0 Å². The highest BCUT2D eigenvalue weighted by Gasteiger charge is 2.19. The molecule has 2 nitrogen and oxygen atoms in total. The van der Waals surface area contributed by atoms with Crippen molar-refractivity contribution in [1.29, 1.82) is 0 Å². The van der Waals surface area contributed by atoms with Crippen molar-refractivity contribution in [1.82, 2.24) is 4.90 Å². The van der Waals surface area contributed by atoms with Crippen molar-refractivity contribution >= 4 is 11.6 Å². The third-order valence-corrected chi connectivity index (χ3v) is 4.73. The molecule has 2 aliphatic rings. The predicted molar refractivity (Wildman–Crippen MR) is 79.2 cm³/mol. The fourth-order valence-electron chi connectivity index (χ4n) is 3.16. The maximum Gasteiger partial charge on any atom is 0.122 e. The van der Waals surface area contributed by atoms with E-state index in [1.165, 1.54) is 37.1 Å². The van der Waals surface area contributed by atoms with Crippen LogP contribution in [0.15, 0.2) is 18.2 Å². The summed E-state index contributed by atoms with van der Waals surface area (Å²) in [5, 5.41) is 0. The second-order valence-electron chi connectivity index (χ2n) is 5.75. The Kier molecular flexibility index (Phi) is 4.29. The van der Waals surface area contributed by atoms with Gasteiger partial charge in [-0.05, 0) is 48.9 Å². The molecule has 1 aromatic rings. The van der Waals surface area contributed by atoms with Crippen LogP contribution in [-0.4, -0.2) is 37.0 Å². The Morgan fingerprint density at radius 1 is 1.37 bits per heavy atom. The summed E-state index contributed by atoms with van der Waals surface area (Å²) >= 11 is 5.99. The number of nitrogens with zero attached hydrogens (tertiary/aromatic N) is 1. The Morgan fingerprint density at radius 2 is 2.32 bits per heavy atom. The molecule has 1 unspecified atom stereocenters. The van der Waals surface area contributed by atoms with E-state index in [0.29, 0.717) is 5.92 Å². The van der Waals surface area contributed by atoms with E-state index < -0.39 is 0 Å². The zero-order chi connectivity index (χ0) is 13.1. The Labute approximate surface area is 120 Å². The summed E-state index contributed by atoms with van der Waals surface area (Å²) in [4.78, 5) is 2.57. The summed E-state index contributed by atoms with van der Waals surface area (Å²) in [6, 6.07) is 6.67. The first kappa shape index (κ1) is 13.3. The predicted octanol–water partition coefficient (Wildman–Crippen LogP) is 3.11. The molecule has 1 fully saturated rings. The molecule has 3 rings (SSSR count). The maximum absolute atomic E-state index is 5.99. The number of halogens is 1. The minimum absolute atomic E-state index is 0.698. The van der Waals surface area contributed by atoms with Crippen LogP contribution in [-0.2, 0) is 12.8 Å². The van der Waals surface area contributed by atoms with Gasteiger partial charge in [-0.15, -0.1) is 11.6 Å². The molecular formula is C16H22ClNO. The van der Waals surface area contributed by atoms with E-state index in [-0.39, 0.29) is 0 Å². The molecule has 3 heteroatoms. The highest BCUT2D eigenvalue weighted by molar-refractivity contribution is 6.18. The molecule has 0 saturated carbocycles. The maximum atomic E-state index is 5.99. The van der Waals surface area contributed by atoms with Crippen LogP contribution in [0.25, 0.3) is 0 Å². The molecule has 19 heavy (non-hydrogen) atoms. The van der Waals surface area contributed by atoms with Crippen LogP contribution < -0.4 is 4.74 Å². The molecule has 0 N–H and O–H groups in total. The quantitative estimate of drug-likeness (QED) is 0.785. The van der Waals surface area contributed by atoms with Crippen molar-refractivity contribution in [2.45, 2.75) is 25.7 Å². The number of alkyl halides is 1. The Bertz CT molecular complexity index is 435. The molecule has 0 amide bonds. The lowest BCUT2D eigenvalue weighted by Crippen LogP contribution is -2.37. The van der Waals surface area contributed by atoms with Gasteiger partial charge in [0.2, 0.25) is 0 Å². The lowest BCUT2D eigenvalue weighted by atomic mass is 9.99. The second-order valence-corrected chi connectivity index (χ2v) is 6.06. The highest BCUT2D eigenvalue weighted by atomic mass is 35.5. The van der Waals surface area contributed by atoms with Gasteiger partial charge in [0.15, 0.2) is 0 Å². The second kappa shape index (κ2) is 6.15. The van der Waals surface area contributed by atoms with Gasteiger partial charge in [0.1, 0.15) is 5.75 Å². The van der Waals surface area contributed by atoms with E-state index >= 15 is 0 Å². The average Bonchev–Trinajstić information content (AvgIpc) is 2.93. The lowest BCUT2D eigenvalue weighted by molar-refractivity contribution is 0.187. The van der Waals surface area contributed by atoms with Crippen LogP contribution in [0.3, 0.4) is 0 Å². The number of ether oxygens (including phenoxy) is 1. The zero-order valence-corrected chi connectivity index (χ0v) is 12.2. The Balaban J connectivity index is 1.54. The SMILES string of the molecule is ClCC1CCCN(CCc2ccc3c(c2)CCO3)C1. The van der Waals surface area contributed by atoms with Crippen LogP contribution in [0.4, 0.5) is 0 Å².